The number of anilines is 3. The highest BCUT2D eigenvalue weighted by atomic mass is 15.2. The lowest BCUT2D eigenvalue weighted by Crippen LogP contribution is -2.33. The van der Waals surface area contributed by atoms with Gasteiger partial charge in [-0.2, -0.15) is 0 Å². The van der Waals surface area contributed by atoms with Crippen molar-refractivity contribution in [2.45, 2.75) is 89.4 Å². The Kier molecular flexibility index (Phi) is 8.52. The van der Waals surface area contributed by atoms with Crippen molar-refractivity contribution in [2.24, 2.45) is 0 Å². The van der Waals surface area contributed by atoms with Gasteiger partial charge in [-0.05, 0) is 170 Å². The van der Waals surface area contributed by atoms with Gasteiger partial charge in [0.1, 0.15) is 0 Å². The number of rotatable bonds is 5. The zero-order valence-electron chi connectivity index (χ0n) is 37.4. The predicted octanol–water partition coefficient (Wildman–Crippen LogP) is 16.4. The Labute approximate surface area is 374 Å². The molecule has 0 bridgehead atoms. The van der Waals surface area contributed by atoms with Gasteiger partial charge in [0.05, 0.1) is 16.8 Å². The molecule has 0 atom stereocenters. The zero-order valence-corrected chi connectivity index (χ0v) is 37.4. The zero-order chi connectivity index (χ0) is 42.7. The Hall–Kier alpha value is -6.44. The summed E-state index contributed by atoms with van der Waals surface area (Å²) in [5.74, 6) is 0. The van der Waals surface area contributed by atoms with Crippen LogP contribution in [0.15, 0.2) is 170 Å². The smallest absolute Gasteiger partial charge is 0.0726 e. The summed E-state index contributed by atoms with van der Waals surface area (Å²) in [6.07, 6.45) is 7.04. The Morgan fingerprint density at radius 2 is 0.968 bits per heavy atom. The van der Waals surface area contributed by atoms with Crippen molar-refractivity contribution in [3.63, 3.8) is 0 Å². The summed E-state index contributed by atoms with van der Waals surface area (Å²) in [5.41, 5.74) is 26.7. The third-order valence-electron chi connectivity index (χ3n) is 15.7. The summed E-state index contributed by atoms with van der Waals surface area (Å²) in [5, 5.41) is 0. The van der Waals surface area contributed by atoms with Gasteiger partial charge in [-0.15, -0.1) is 0 Å². The Morgan fingerprint density at radius 3 is 1.63 bits per heavy atom. The van der Waals surface area contributed by atoms with E-state index in [9.17, 15) is 0 Å². The average Bonchev–Trinajstić information content (AvgIpc) is 3.78. The fourth-order valence-corrected chi connectivity index (χ4v) is 12.4. The van der Waals surface area contributed by atoms with Gasteiger partial charge >= 0.3 is 0 Å². The summed E-state index contributed by atoms with van der Waals surface area (Å²) in [4.78, 5) is 2.68. The Bertz CT molecular complexity index is 3080. The topological polar surface area (TPSA) is 3.24 Å². The van der Waals surface area contributed by atoms with E-state index in [0.29, 0.717) is 0 Å². The first-order valence-electron chi connectivity index (χ1n) is 23.4. The number of benzene rings is 8. The normalized spacial score (nSPS) is 16.7. The maximum Gasteiger partial charge on any atom is 0.0726 e. The molecule has 0 fully saturated rings. The van der Waals surface area contributed by atoms with E-state index in [0.717, 1.165) is 12.8 Å². The van der Waals surface area contributed by atoms with Crippen molar-refractivity contribution < 1.29 is 0 Å². The molecule has 4 aliphatic carbocycles. The fourth-order valence-electron chi connectivity index (χ4n) is 12.4. The van der Waals surface area contributed by atoms with Crippen molar-refractivity contribution in [3.8, 4) is 44.5 Å². The molecule has 1 spiro atoms. The molecule has 308 valence electrons. The van der Waals surface area contributed by atoms with E-state index >= 15 is 0 Å². The second-order valence-corrected chi connectivity index (χ2v) is 20.2. The maximum atomic E-state index is 2.68. The van der Waals surface area contributed by atoms with Crippen LogP contribution in [0, 0.1) is 6.92 Å². The van der Waals surface area contributed by atoms with Crippen LogP contribution in [0.5, 0.6) is 0 Å². The fraction of sp³-hybridized carbons (Fsp3) is 0.226. The summed E-state index contributed by atoms with van der Waals surface area (Å²) < 4.78 is 0. The predicted molar refractivity (Wildman–Crippen MR) is 265 cm³/mol. The van der Waals surface area contributed by atoms with E-state index < -0.39 is 5.41 Å². The first kappa shape index (κ1) is 38.3. The van der Waals surface area contributed by atoms with E-state index in [-0.39, 0.29) is 10.8 Å². The monoisotopic (exact) mass is 813 g/mol. The number of hydrogen-bond acceptors (Lipinski definition) is 1. The Balaban J connectivity index is 1.21. The molecule has 4 aliphatic rings. The quantitative estimate of drug-likeness (QED) is 0.167. The van der Waals surface area contributed by atoms with Gasteiger partial charge in [-0.1, -0.05) is 173 Å². The number of aryl methyl sites for hydroxylation is 2. The molecule has 0 radical (unpaired) electrons. The van der Waals surface area contributed by atoms with E-state index in [1.807, 2.05) is 0 Å². The highest BCUT2D eigenvalue weighted by Crippen LogP contribution is 2.64. The van der Waals surface area contributed by atoms with Gasteiger partial charge in [-0.3, -0.25) is 0 Å². The van der Waals surface area contributed by atoms with Crippen LogP contribution in [0.25, 0.3) is 44.5 Å². The second kappa shape index (κ2) is 14.0. The first-order valence-corrected chi connectivity index (χ1v) is 23.4. The third-order valence-corrected chi connectivity index (χ3v) is 15.7. The summed E-state index contributed by atoms with van der Waals surface area (Å²) in [6, 6.07) is 65.5. The third kappa shape index (κ3) is 5.61. The molecule has 0 aliphatic heterocycles. The van der Waals surface area contributed by atoms with Crippen LogP contribution < -0.4 is 4.90 Å². The van der Waals surface area contributed by atoms with Gasteiger partial charge in [0.2, 0.25) is 0 Å². The molecule has 8 aromatic carbocycles. The summed E-state index contributed by atoms with van der Waals surface area (Å²) >= 11 is 0. The molecule has 1 nitrogen and oxygen atoms in total. The van der Waals surface area contributed by atoms with Crippen LogP contribution in [-0.4, -0.2) is 0 Å². The van der Waals surface area contributed by atoms with Crippen molar-refractivity contribution >= 4 is 17.1 Å². The van der Waals surface area contributed by atoms with Crippen molar-refractivity contribution in [3.05, 3.63) is 220 Å². The van der Waals surface area contributed by atoms with Crippen LogP contribution in [-0.2, 0) is 29.1 Å². The minimum Gasteiger partial charge on any atom is -0.309 e. The highest BCUT2D eigenvalue weighted by molar-refractivity contribution is 6.00. The molecule has 12 rings (SSSR count). The number of hydrogen-bond donors (Lipinski definition) is 0. The van der Waals surface area contributed by atoms with Crippen LogP contribution in [0.4, 0.5) is 17.1 Å². The molecule has 0 saturated heterocycles. The lowest BCUT2D eigenvalue weighted by molar-refractivity contribution is 0.332. The summed E-state index contributed by atoms with van der Waals surface area (Å²) in [6.45, 7) is 12.1. The molecule has 0 heterocycles. The standard InChI is InChI=1S/C62H55N/c1-40-27-28-43-19-9-10-20-46(43)59(40)63(45-32-29-42(30-33-45)41-17-7-6-8-18-41)58-39-56-51(38-50(58)44-31-34-55-57(37-44)61(4,5)36-35-60(55,2)3)49-23-13-16-26-54(49)62(56)52-24-14-11-21-47(52)48-22-12-15-25-53(48)62/h6-8,11-18,21-34,37-39H,9-10,19-20,35-36H2,1-5H3. The molecule has 0 amide bonds. The van der Waals surface area contributed by atoms with Crippen LogP contribution >= 0.6 is 0 Å². The van der Waals surface area contributed by atoms with Gasteiger partial charge in [0.15, 0.2) is 0 Å². The van der Waals surface area contributed by atoms with E-state index in [1.165, 1.54) is 137 Å². The highest BCUT2D eigenvalue weighted by Gasteiger charge is 2.52. The average molecular weight is 814 g/mol. The molecule has 63 heavy (non-hydrogen) atoms. The lowest BCUT2D eigenvalue weighted by Gasteiger charge is -2.42. The van der Waals surface area contributed by atoms with Crippen molar-refractivity contribution in [1.29, 1.82) is 0 Å². The van der Waals surface area contributed by atoms with Gasteiger partial charge < -0.3 is 4.90 Å². The van der Waals surface area contributed by atoms with E-state index in [1.54, 1.807) is 0 Å². The van der Waals surface area contributed by atoms with Crippen LogP contribution in [0.1, 0.15) is 103 Å². The molecule has 0 saturated carbocycles. The van der Waals surface area contributed by atoms with E-state index in [2.05, 4.69) is 209 Å². The van der Waals surface area contributed by atoms with Crippen molar-refractivity contribution in [2.75, 3.05) is 4.90 Å². The summed E-state index contributed by atoms with van der Waals surface area (Å²) in [7, 11) is 0. The number of fused-ring (bicyclic) bond motifs is 12. The molecular formula is C62H55N. The Morgan fingerprint density at radius 1 is 0.413 bits per heavy atom. The second-order valence-electron chi connectivity index (χ2n) is 20.2. The minimum absolute atomic E-state index is 0.0771. The maximum absolute atomic E-state index is 2.68. The van der Waals surface area contributed by atoms with Crippen LogP contribution in [0.3, 0.4) is 0 Å². The van der Waals surface area contributed by atoms with Gasteiger partial charge in [0, 0.05) is 11.3 Å². The minimum atomic E-state index is -0.456. The lowest BCUT2D eigenvalue weighted by atomic mass is 9.63. The van der Waals surface area contributed by atoms with Crippen molar-refractivity contribution in [1.82, 2.24) is 0 Å². The first-order chi connectivity index (χ1) is 30.6. The molecule has 0 aromatic heterocycles. The van der Waals surface area contributed by atoms with E-state index in [4.69, 9.17) is 0 Å². The molecule has 1 heteroatoms. The molecular weight excluding hydrogens is 759 g/mol. The largest absolute Gasteiger partial charge is 0.309 e. The van der Waals surface area contributed by atoms with Crippen LogP contribution in [0.2, 0.25) is 0 Å². The molecule has 0 N–H and O–H groups in total. The molecule has 8 aromatic rings. The SMILES string of the molecule is Cc1ccc2c(c1N(c1ccc(-c3ccccc3)cc1)c1cc3c(cc1-c1ccc4c(c1)C(C)(C)CCC4(C)C)-c1ccccc1C31c3ccccc3-c3ccccc31)CCCC2. The molecule has 0 unspecified atom stereocenters. The number of nitrogens with zero attached hydrogens (tertiary/aromatic N) is 1. The van der Waals surface area contributed by atoms with Gasteiger partial charge in [-0.25, -0.2) is 0 Å². The van der Waals surface area contributed by atoms with Gasteiger partial charge in [0.25, 0.3) is 0 Å².